The Labute approximate surface area is 64.2 Å². The van der Waals surface area contributed by atoms with Crippen LogP contribution in [0.25, 0.3) is 0 Å². The smallest absolute Gasteiger partial charge is 0.378 e. The topological polar surface area (TPSA) is 49.0 Å². The van der Waals surface area contributed by atoms with Gasteiger partial charge in [0, 0.05) is 13.5 Å². The highest BCUT2D eigenvalue weighted by Crippen LogP contribution is 1.88. The fourth-order valence-electron chi connectivity index (χ4n) is 0.896. The lowest BCUT2D eigenvalue weighted by atomic mass is 10.5. The average molecular weight is 157 g/mol. The van der Waals surface area contributed by atoms with Gasteiger partial charge in [-0.15, -0.1) is 4.73 Å². The van der Waals surface area contributed by atoms with Crippen LogP contribution >= 0.6 is 0 Å². The van der Waals surface area contributed by atoms with Gasteiger partial charge in [0.2, 0.25) is 0 Å². The van der Waals surface area contributed by atoms with E-state index >= 15 is 0 Å². The Kier molecular flexibility index (Phi) is 1.98. The van der Waals surface area contributed by atoms with Crippen LogP contribution in [-0.2, 0) is 13.5 Å². The van der Waals surface area contributed by atoms with E-state index in [1.807, 2.05) is 6.92 Å². The van der Waals surface area contributed by atoms with Crippen molar-refractivity contribution in [3.8, 4) is 0 Å². The molecular weight excluding hydrogens is 146 g/mol. The predicted octanol–water partition coefficient (Wildman–Crippen LogP) is -0.797. The third-order valence-corrected chi connectivity index (χ3v) is 1.45. The van der Waals surface area contributed by atoms with Gasteiger partial charge in [0.1, 0.15) is 7.11 Å². The molecule has 0 aliphatic rings. The van der Waals surface area contributed by atoms with Crippen molar-refractivity contribution in [2.24, 2.45) is 7.05 Å². The summed E-state index contributed by atoms with van der Waals surface area (Å²) in [6.45, 7) is 1.91. The van der Waals surface area contributed by atoms with Crippen LogP contribution in [0.5, 0.6) is 0 Å². The highest BCUT2D eigenvalue weighted by Gasteiger charge is 2.07. The monoisotopic (exact) mass is 157 g/mol. The molecule has 11 heavy (non-hydrogen) atoms. The molecular formula is C6H11N3O2. The molecule has 0 saturated carbocycles. The zero-order valence-corrected chi connectivity index (χ0v) is 6.87. The molecule has 0 unspecified atom stereocenters. The number of hydrogen-bond donors (Lipinski definition) is 0. The lowest BCUT2D eigenvalue weighted by Crippen LogP contribution is -2.27. The molecule has 5 heteroatoms. The fourth-order valence-corrected chi connectivity index (χ4v) is 0.896. The molecule has 62 valence electrons. The van der Waals surface area contributed by atoms with Crippen molar-refractivity contribution >= 4 is 0 Å². The van der Waals surface area contributed by atoms with Crippen LogP contribution in [-0.4, -0.2) is 21.6 Å². The van der Waals surface area contributed by atoms with Crippen molar-refractivity contribution in [3.05, 3.63) is 16.3 Å². The summed E-state index contributed by atoms with van der Waals surface area (Å²) in [5.74, 6) is 0.639. The van der Waals surface area contributed by atoms with Crippen LogP contribution in [0.4, 0.5) is 0 Å². The second kappa shape index (κ2) is 2.77. The fraction of sp³-hybridized carbons (Fsp3) is 0.667. The summed E-state index contributed by atoms with van der Waals surface area (Å²) in [7, 11) is 3.04. The Hall–Kier alpha value is -1.26. The molecule has 0 bridgehead atoms. The van der Waals surface area contributed by atoms with Gasteiger partial charge in [0.05, 0.1) is 0 Å². The van der Waals surface area contributed by atoms with Crippen LogP contribution in [0.2, 0.25) is 0 Å². The molecule has 1 rings (SSSR count). The molecule has 1 heterocycles. The highest BCUT2D eigenvalue weighted by molar-refractivity contribution is 4.82. The number of nitrogens with zero attached hydrogens (tertiary/aromatic N) is 3. The summed E-state index contributed by atoms with van der Waals surface area (Å²) in [5, 5.41) is 3.94. The quantitative estimate of drug-likeness (QED) is 0.565. The summed E-state index contributed by atoms with van der Waals surface area (Å²) >= 11 is 0. The van der Waals surface area contributed by atoms with Gasteiger partial charge in [-0.25, -0.2) is 9.48 Å². The van der Waals surface area contributed by atoms with Crippen molar-refractivity contribution < 1.29 is 4.84 Å². The van der Waals surface area contributed by atoms with Crippen LogP contribution in [0, 0.1) is 0 Å². The second-order valence-electron chi connectivity index (χ2n) is 2.15. The van der Waals surface area contributed by atoms with E-state index in [2.05, 4.69) is 5.10 Å². The van der Waals surface area contributed by atoms with Crippen molar-refractivity contribution in [2.45, 2.75) is 13.3 Å². The average Bonchev–Trinajstić information content (AvgIpc) is 2.28. The van der Waals surface area contributed by atoms with Crippen LogP contribution in [0.15, 0.2) is 4.79 Å². The summed E-state index contributed by atoms with van der Waals surface area (Å²) in [4.78, 5) is 15.9. The summed E-state index contributed by atoms with van der Waals surface area (Å²) < 4.78 is 2.43. The minimum absolute atomic E-state index is 0.246. The van der Waals surface area contributed by atoms with E-state index in [1.165, 1.54) is 16.5 Å². The summed E-state index contributed by atoms with van der Waals surface area (Å²) in [6, 6.07) is 0. The minimum atomic E-state index is -0.246. The Morgan fingerprint density at radius 3 is 2.64 bits per heavy atom. The Balaban J connectivity index is 3.27. The van der Waals surface area contributed by atoms with Crippen molar-refractivity contribution in [2.75, 3.05) is 7.11 Å². The molecule has 0 saturated heterocycles. The van der Waals surface area contributed by atoms with Gasteiger partial charge in [-0.2, -0.15) is 5.10 Å². The lowest BCUT2D eigenvalue weighted by Gasteiger charge is -1.97. The maximum Gasteiger partial charge on any atom is 0.378 e. The first-order valence-electron chi connectivity index (χ1n) is 3.40. The van der Waals surface area contributed by atoms with Crippen LogP contribution < -0.4 is 10.5 Å². The van der Waals surface area contributed by atoms with Gasteiger partial charge in [-0.1, -0.05) is 6.92 Å². The molecule has 0 amide bonds. The van der Waals surface area contributed by atoms with Gasteiger partial charge in [0.25, 0.3) is 0 Å². The van der Waals surface area contributed by atoms with Gasteiger partial charge in [-0.3, -0.25) is 0 Å². The molecule has 1 aromatic rings. The van der Waals surface area contributed by atoms with E-state index in [4.69, 9.17) is 4.84 Å². The molecule has 0 aromatic carbocycles. The Morgan fingerprint density at radius 2 is 2.27 bits per heavy atom. The first-order valence-corrected chi connectivity index (χ1v) is 3.40. The second-order valence-corrected chi connectivity index (χ2v) is 2.15. The summed E-state index contributed by atoms with van der Waals surface area (Å²) in [5.41, 5.74) is -0.246. The van der Waals surface area contributed by atoms with Gasteiger partial charge in [-0.05, 0) is 0 Å². The zero-order valence-electron chi connectivity index (χ0n) is 6.87. The van der Waals surface area contributed by atoms with E-state index in [0.717, 1.165) is 0 Å². The van der Waals surface area contributed by atoms with Crippen molar-refractivity contribution in [3.63, 3.8) is 0 Å². The SMILES string of the molecule is CCc1nn(C)c(=O)n1OC. The zero-order chi connectivity index (χ0) is 8.43. The Morgan fingerprint density at radius 1 is 1.64 bits per heavy atom. The molecule has 0 atom stereocenters. The minimum Gasteiger partial charge on any atom is -0.411 e. The summed E-state index contributed by atoms with van der Waals surface area (Å²) in [6.07, 6.45) is 0.684. The first-order chi connectivity index (χ1) is 5.20. The molecule has 1 aromatic heterocycles. The molecule has 0 fully saturated rings. The van der Waals surface area contributed by atoms with E-state index in [9.17, 15) is 4.79 Å². The molecule has 0 spiro atoms. The molecule has 0 radical (unpaired) electrons. The maximum atomic E-state index is 11.1. The van der Waals surface area contributed by atoms with Gasteiger partial charge < -0.3 is 4.84 Å². The van der Waals surface area contributed by atoms with E-state index in [1.54, 1.807) is 7.05 Å². The van der Waals surface area contributed by atoms with E-state index < -0.39 is 0 Å². The van der Waals surface area contributed by atoms with Gasteiger partial charge >= 0.3 is 5.69 Å². The van der Waals surface area contributed by atoms with Crippen molar-refractivity contribution in [1.82, 2.24) is 14.5 Å². The maximum absolute atomic E-state index is 11.1. The molecule has 0 aliphatic carbocycles. The number of aromatic nitrogens is 3. The van der Waals surface area contributed by atoms with Crippen LogP contribution in [0.3, 0.4) is 0 Å². The van der Waals surface area contributed by atoms with E-state index in [0.29, 0.717) is 12.2 Å². The lowest BCUT2D eigenvalue weighted by molar-refractivity contribution is 0.148. The number of hydrogen-bond acceptors (Lipinski definition) is 3. The molecule has 0 aliphatic heterocycles. The largest absolute Gasteiger partial charge is 0.411 e. The third-order valence-electron chi connectivity index (χ3n) is 1.45. The highest BCUT2D eigenvalue weighted by atomic mass is 16.7. The normalized spacial score (nSPS) is 10.1. The van der Waals surface area contributed by atoms with Crippen LogP contribution in [0.1, 0.15) is 12.7 Å². The Bertz CT molecular complexity index is 299. The standard InChI is InChI=1S/C6H11N3O2/c1-4-5-7-8(2)6(10)9(5)11-3/h4H2,1-3H3. The molecule has 0 N–H and O–H groups in total. The first kappa shape index (κ1) is 7.84. The predicted molar refractivity (Wildman–Crippen MR) is 39.4 cm³/mol. The third kappa shape index (κ3) is 1.13. The number of rotatable bonds is 2. The number of aryl methyl sites for hydroxylation is 2. The van der Waals surface area contributed by atoms with Gasteiger partial charge in [0.15, 0.2) is 5.82 Å². The van der Waals surface area contributed by atoms with E-state index in [-0.39, 0.29) is 5.69 Å². The molecule has 5 nitrogen and oxygen atoms in total. The van der Waals surface area contributed by atoms with Crippen molar-refractivity contribution in [1.29, 1.82) is 0 Å².